The minimum atomic E-state index is -0.626. The predicted octanol–water partition coefficient (Wildman–Crippen LogP) is 3.05. The maximum atomic E-state index is 12.6. The molecule has 2 N–H and O–H groups in total. The summed E-state index contributed by atoms with van der Waals surface area (Å²) in [5, 5.41) is 13.3. The van der Waals surface area contributed by atoms with Crippen LogP contribution in [0.4, 0.5) is 0 Å². The molecule has 0 aliphatic carbocycles. The number of aliphatic hydroxyl groups is 1. The number of para-hydroxylation sites is 1. The standard InChI is InChI=1S/C20H25NO3/c1-3-15(2)21-13-17(22)14-24-19-12-8-7-11-18(19)20(23)16-9-5-4-6-10-16/h4-12,15,17,21-22H,3,13-14H2,1-2H3/t15-,17+/m0/s1. The topological polar surface area (TPSA) is 58.6 Å². The summed E-state index contributed by atoms with van der Waals surface area (Å²) in [5.41, 5.74) is 1.12. The van der Waals surface area contributed by atoms with E-state index in [0.717, 1.165) is 6.42 Å². The van der Waals surface area contributed by atoms with Crippen molar-refractivity contribution in [1.29, 1.82) is 0 Å². The van der Waals surface area contributed by atoms with Crippen LogP contribution in [-0.4, -0.2) is 36.2 Å². The summed E-state index contributed by atoms with van der Waals surface area (Å²) in [7, 11) is 0. The molecule has 128 valence electrons. The third kappa shape index (κ3) is 5.18. The third-order valence-electron chi connectivity index (χ3n) is 3.91. The van der Waals surface area contributed by atoms with E-state index < -0.39 is 6.10 Å². The van der Waals surface area contributed by atoms with Gasteiger partial charge in [0.1, 0.15) is 18.5 Å². The fourth-order valence-corrected chi connectivity index (χ4v) is 2.25. The van der Waals surface area contributed by atoms with Gasteiger partial charge >= 0.3 is 0 Å². The van der Waals surface area contributed by atoms with E-state index in [9.17, 15) is 9.90 Å². The lowest BCUT2D eigenvalue weighted by Crippen LogP contribution is -2.36. The second-order valence-electron chi connectivity index (χ2n) is 5.87. The van der Waals surface area contributed by atoms with Crippen LogP contribution in [0.2, 0.25) is 0 Å². The average molecular weight is 327 g/mol. The number of carbonyl (C=O) groups excluding carboxylic acids is 1. The molecule has 0 amide bonds. The molecule has 0 fully saturated rings. The number of nitrogens with one attached hydrogen (secondary N) is 1. The first-order valence-electron chi connectivity index (χ1n) is 8.34. The zero-order valence-electron chi connectivity index (χ0n) is 14.2. The quantitative estimate of drug-likeness (QED) is 0.695. The normalized spacial score (nSPS) is 13.3. The molecule has 0 saturated heterocycles. The van der Waals surface area contributed by atoms with Crippen LogP contribution in [0.25, 0.3) is 0 Å². The van der Waals surface area contributed by atoms with E-state index in [0.29, 0.717) is 29.5 Å². The maximum absolute atomic E-state index is 12.6. The second-order valence-corrected chi connectivity index (χ2v) is 5.87. The van der Waals surface area contributed by atoms with E-state index in [1.54, 1.807) is 24.3 Å². The molecule has 0 aliphatic heterocycles. The Morgan fingerprint density at radius 1 is 1.12 bits per heavy atom. The van der Waals surface area contributed by atoms with Crippen LogP contribution in [0, 0.1) is 0 Å². The number of ether oxygens (including phenoxy) is 1. The lowest BCUT2D eigenvalue weighted by Gasteiger charge is -2.17. The monoisotopic (exact) mass is 327 g/mol. The van der Waals surface area contributed by atoms with E-state index in [1.165, 1.54) is 0 Å². The summed E-state index contributed by atoms with van der Waals surface area (Å²) in [5.74, 6) is 0.410. The van der Waals surface area contributed by atoms with Crippen LogP contribution in [0.5, 0.6) is 5.75 Å². The minimum absolute atomic E-state index is 0.0848. The van der Waals surface area contributed by atoms with E-state index in [4.69, 9.17) is 4.74 Å². The number of aliphatic hydroxyl groups excluding tert-OH is 1. The van der Waals surface area contributed by atoms with Crippen LogP contribution in [0.3, 0.4) is 0 Å². The Morgan fingerprint density at radius 3 is 2.50 bits per heavy atom. The van der Waals surface area contributed by atoms with Gasteiger partial charge in [0, 0.05) is 18.2 Å². The fraction of sp³-hybridized carbons (Fsp3) is 0.350. The highest BCUT2D eigenvalue weighted by atomic mass is 16.5. The molecule has 2 rings (SSSR count). The summed E-state index contributed by atoms with van der Waals surface area (Å²) >= 11 is 0. The first kappa shape index (κ1) is 18.2. The lowest BCUT2D eigenvalue weighted by molar-refractivity contribution is 0.0979. The molecule has 0 aromatic heterocycles. The molecule has 4 heteroatoms. The van der Waals surface area contributed by atoms with Gasteiger partial charge in [-0.3, -0.25) is 4.79 Å². The average Bonchev–Trinajstić information content (AvgIpc) is 2.64. The second kappa shape index (κ2) is 9.21. The van der Waals surface area contributed by atoms with E-state index in [1.807, 2.05) is 30.3 Å². The Bertz CT molecular complexity index is 642. The van der Waals surface area contributed by atoms with Crippen molar-refractivity contribution in [2.24, 2.45) is 0 Å². The molecule has 0 aliphatic rings. The number of hydrogen-bond acceptors (Lipinski definition) is 4. The molecule has 0 bridgehead atoms. The molecule has 0 unspecified atom stereocenters. The summed E-state index contributed by atoms with van der Waals surface area (Å²) in [4.78, 5) is 12.6. The third-order valence-corrected chi connectivity index (χ3v) is 3.91. The minimum Gasteiger partial charge on any atom is -0.490 e. The van der Waals surface area contributed by atoms with Gasteiger partial charge in [-0.15, -0.1) is 0 Å². The van der Waals surface area contributed by atoms with Crippen LogP contribution in [-0.2, 0) is 0 Å². The van der Waals surface area contributed by atoms with Crippen molar-refractivity contribution in [3.63, 3.8) is 0 Å². The van der Waals surface area contributed by atoms with Gasteiger partial charge in [-0.25, -0.2) is 0 Å². The summed E-state index contributed by atoms with van der Waals surface area (Å²) < 4.78 is 5.70. The van der Waals surface area contributed by atoms with Crippen LogP contribution < -0.4 is 10.1 Å². The highest BCUT2D eigenvalue weighted by Crippen LogP contribution is 2.21. The molecule has 24 heavy (non-hydrogen) atoms. The molecule has 0 spiro atoms. The number of rotatable bonds is 9. The van der Waals surface area contributed by atoms with Crippen molar-refractivity contribution in [3.8, 4) is 5.75 Å². The van der Waals surface area contributed by atoms with Crippen molar-refractivity contribution >= 4 is 5.78 Å². The summed E-state index contributed by atoms with van der Waals surface area (Å²) in [6.07, 6.45) is 0.376. The van der Waals surface area contributed by atoms with Crippen LogP contribution in [0.1, 0.15) is 36.2 Å². The Balaban J connectivity index is 2.00. The Morgan fingerprint density at radius 2 is 1.79 bits per heavy atom. The Hall–Kier alpha value is -2.17. The summed E-state index contributed by atoms with van der Waals surface area (Å²) in [6, 6.07) is 16.6. The first-order valence-corrected chi connectivity index (χ1v) is 8.34. The molecule has 0 saturated carbocycles. The molecule has 0 radical (unpaired) electrons. The van der Waals surface area contributed by atoms with Gasteiger partial charge in [-0.1, -0.05) is 49.4 Å². The van der Waals surface area contributed by atoms with Gasteiger partial charge in [0.15, 0.2) is 5.78 Å². The maximum Gasteiger partial charge on any atom is 0.196 e. The highest BCUT2D eigenvalue weighted by Gasteiger charge is 2.15. The van der Waals surface area contributed by atoms with Gasteiger partial charge in [0.2, 0.25) is 0 Å². The SMILES string of the molecule is CC[C@H](C)NC[C@@H](O)COc1ccccc1C(=O)c1ccccc1. The molecule has 4 nitrogen and oxygen atoms in total. The number of ketones is 1. The summed E-state index contributed by atoms with van der Waals surface area (Å²) in [6.45, 7) is 4.76. The molecule has 2 aromatic rings. The zero-order valence-corrected chi connectivity index (χ0v) is 14.2. The molecular formula is C20H25NO3. The molecule has 2 aromatic carbocycles. The van der Waals surface area contributed by atoms with Gasteiger partial charge in [0.05, 0.1) is 5.56 Å². The van der Waals surface area contributed by atoms with Crippen molar-refractivity contribution in [3.05, 3.63) is 65.7 Å². The van der Waals surface area contributed by atoms with Gasteiger partial charge in [-0.05, 0) is 25.5 Å². The van der Waals surface area contributed by atoms with Crippen LogP contribution in [0.15, 0.2) is 54.6 Å². The Kier molecular flexibility index (Phi) is 6.97. The van der Waals surface area contributed by atoms with Gasteiger partial charge in [0.25, 0.3) is 0 Å². The van der Waals surface area contributed by atoms with E-state index in [-0.39, 0.29) is 12.4 Å². The zero-order chi connectivity index (χ0) is 17.4. The van der Waals surface area contributed by atoms with Crippen LogP contribution >= 0.6 is 0 Å². The van der Waals surface area contributed by atoms with E-state index in [2.05, 4.69) is 19.2 Å². The smallest absolute Gasteiger partial charge is 0.196 e. The van der Waals surface area contributed by atoms with Gasteiger partial charge < -0.3 is 15.2 Å². The number of carbonyl (C=O) groups is 1. The largest absolute Gasteiger partial charge is 0.490 e. The number of benzene rings is 2. The van der Waals surface area contributed by atoms with Crippen molar-refractivity contribution in [2.45, 2.75) is 32.4 Å². The highest BCUT2D eigenvalue weighted by molar-refractivity contribution is 6.10. The predicted molar refractivity (Wildman–Crippen MR) is 95.6 cm³/mol. The lowest BCUT2D eigenvalue weighted by atomic mass is 10.0. The molecule has 2 atom stereocenters. The fourth-order valence-electron chi connectivity index (χ4n) is 2.25. The number of hydrogen-bond donors (Lipinski definition) is 2. The van der Waals surface area contributed by atoms with Crippen molar-refractivity contribution in [1.82, 2.24) is 5.32 Å². The van der Waals surface area contributed by atoms with E-state index >= 15 is 0 Å². The first-order chi connectivity index (χ1) is 11.6. The van der Waals surface area contributed by atoms with Crippen molar-refractivity contribution < 1.29 is 14.6 Å². The Labute approximate surface area is 143 Å². The molecular weight excluding hydrogens is 302 g/mol. The van der Waals surface area contributed by atoms with Gasteiger partial charge in [-0.2, -0.15) is 0 Å². The van der Waals surface area contributed by atoms with Crippen molar-refractivity contribution in [2.75, 3.05) is 13.2 Å². The molecule has 0 heterocycles.